The predicted molar refractivity (Wildman–Crippen MR) is 68.7 cm³/mol. The largest absolute Gasteiger partial charge is 0.463 e. The third-order valence-electron chi connectivity index (χ3n) is 2.59. The molecule has 1 heterocycles. The van der Waals surface area contributed by atoms with E-state index in [1.54, 1.807) is 7.11 Å². The number of esters is 1. The van der Waals surface area contributed by atoms with Gasteiger partial charge in [0.2, 0.25) is 0 Å². The van der Waals surface area contributed by atoms with Gasteiger partial charge in [-0.2, -0.15) is 0 Å². The minimum absolute atomic E-state index is 0.162. The molecule has 0 aromatic carbocycles. The molecule has 0 saturated heterocycles. The van der Waals surface area contributed by atoms with Crippen molar-refractivity contribution in [2.45, 2.75) is 12.8 Å². The number of ether oxygens (including phenoxy) is 3. The second-order valence-corrected chi connectivity index (χ2v) is 4.09. The number of rotatable bonds is 10. The zero-order valence-electron chi connectivity index (χ0n) is 11.5. The first-order valence-electron chi connectivity index (χ1n) is 6.41. The first kappa shape index (κ1) is 16.3. The molecule has 0 saturated carbocycles. The molecule has 0 unspecified atom stereocenters. The predicted octanol–water partition coefficient (Wildman–Crippen LogP) is -0.102. The number of hydrogen-bond acceptors (Lipinski definition) is 6. The van der Waals surface area contributed by atoms with Crippen molar-refractivity contribution in [3.05, 3.63) is 12.2 Å². The highest BCUT2D eigenvalue weighted by molar-refractivity contribution is 6.12. The number of amides is 2. The van der Waals surface area contributed by atoms with Gasteiger partial charge in [0.1, 0.15) is 6.61 Å². The molecule has 112 valence electrons. The van der Waals surface area contributed by atoms with E-state index in [9.17, 15) is 14.4 Å². The second kappa shape index (κ2) is 9.22. The fraction of sp³-hybridized carbons (Fsp3) is 0.615. The van der Waals surface area contributed by atoms with Gasteiger partial charge in [0.15, 0.2) is 0 Å². The van der Waals surface area contributed by atoms with Gasteiger partial charge >= 0.3 is 5.97 Å². The Morgan fingerprint density at radius 3 is 2.40 bits per heavy atom. The smallest absolute Gasteiger partial charge is 0.305 e. The summed E-state index contributed by atoms with van der Waals surface area (Å²) in [5.41, 5.74) is 0. The van der Waals surface area contributed by atoms with Gasteiger partial charge in [-0.15, -0.1) is 0 Å². The monoisotopic (exact) mass is 285 g/mol. The van der Waals surface area contributed by atoms with Crippen LogP contribution < -0.4 is 0 Å². The molecule has 0 aliphatic carbocycles. The Kier molecular flexibility index (Phi) is 7.52. The minimum atomic E-state index is -0.368. The maximum atomic E-state index is 11.4. The molecule has 7 heteroatoms. The zero-order valence-corrected chi connectivity index (χ0v) is 11.5. The molecule has 0 N–H and O–H groups in total. The molecule has 7 nitrogen and oxygen atoms in total. The maximum Gasteiger partial charge on any atom is 0.305 e. The fourth-order valence-corrected chi connectivity index (χ4v) is 1.56. The van der Waals surface area contributed by atoms with Crippen molar-refractivity contribution in [3.8, 4) is 0 Å². The lowest BCUT2D eigenvalue weighted by Crippen LogP contribution is -2.31. The topological polar surface area (TPSA) is 82.1 Å². The van der Waals surface area contributed by atoms with E-state index in [1.165, 1.54) is 12.2 Å². The van der Waals surface area contributed by atoms with Crippen molar-refractivity contribution in [3.63, 3.8) is 0 Å². The van der Waals surface area contributed by atoms with Crippen LogP contribution in [0.1, 0.15) is 12.8 Å². The molecule has 1 aliphatic rings. The van der Waals surface area contributed by atoms with Gasteiger partial charge in [-0.1, -0.05) is 0 Å². The van der Waals surface area contributed by atoms with Gasteiger partial charge in [-0.3, -0.25) is 19.3 Å². The molecule has 0 aromatic rings. The quantitative estimate of drug-likeness (QED) is 0.317. The van der Waals surface area contributed by atoms with Crippen LogP contribution in [0.15, 0.2) is 12.2 Å². The first-order chi connectivity index (χ1) is 9.65. The Balaban J connectivity index is 2.00. The molecule has 0 atom stereocenters. The van der Waals surface area contributed by atoms with Gasteiger partial charge in [0.05, 0.1) is 19.8 Å². The van der Waals surface area contributed by atoms with Crippen molar-refractivity contribution in [2.24, 2.45) is 0 Å². The highest BCUT2D eigenvalue weighted by Crippen LogP contribution is 2.05. The summed E-state index contributed by atoms with van der Waals surface area (Å²) in [6, 6.07) is 0. The van der Waals surface area contributed by atoms with Crippen molar-refractivity contribution < 1.29 is 28.6 Å². The molecule has 0 aromatic heterocycles. The molecular formula is C13H19NO6. The van der Waals surface area contributed by atoms with Crippen LogP contribution in [0.4, 0.5) is 0 Å². The lowest BCUT2D eigenvalue weighted by Gasteiger charge is -2.12. The average molecular weight is 285 g/mol. The number of methoxy groups -OCH3 is 1. The number of nitrogens with zero attached hydrogens (tertiary/aromatic N) is 1. The minimum Gasteiger partial charge on any atom is -0.463 e. The van der Waals surface area contributed by atoms with Crippen molar-refractivity contribution in [2.75, 3.05) is 40.1 Å². The average Bonchev–Trinajstić information content (AvgIpc) is 2.74. The highest BCUT2D eigenvalue weighted by atomic mass is 16.6. The Morgan fingerprint density at radius 2 is 1.75 bits per heavy atom. The van der Waals surface area contributed by atoms with Crippen molar-refractivity contribution in [1.29, 1.82) is 0 Å². The number of hydrogen-bond donors (Lipinski definition) is 0. The van der Waals surface area contributed by atoms with E-state index in [2.05, 4.69) is 0 Å². The summed E-state index contributed by atoms with van der Waals surface area (Å²) in [5.74, 6) is -1.04. The maximum absolute atomic E-state index is 11.4. The Labute approximate surface area is 117 Å². The van der Waals surface area contributed by atoms with Crippen LogP contribution in [0, 0.1) is 0 Å². The van der Waals surface area contributed by atoms with Crippen LogP contribution in [-0.4, -0.2) is 62.8 Å². The molecule has 1 aliphatic heterocycles. The lowest BCUT2D eigenvalue weighted by atomic mass is 10.3. The SMILES string of the molecule is COCCOCCOC(=O)CCCN1C(=O)C=CC1=O. The van der Waals surface area contributed by atoms with Crippen molar-refractivity contribution in [1.82, 2.24) is 4.90 Å². The summed E-state index contributed by atoms with van der Waals surface area (Å²) in [6.07, 6.45) is 2.99. The van der Waals surface area contributed by atoms with Crippen LogP contribution in [0.5, 0.6) is 0 Å². The Bertz CT molecular complexity index is 361. The normalized spacial score (nSPS) is 14.2. The molecule has 0 spiro atoms. The highest BCUT2D eigenvalue weighted by Gasteiger charge is 2.22. The molecule has 2 amide bonds. The molecule has 20 heavy (non-hydrogen) atoms. The van der Waals surface area contributed by atoms with Crippen molar-refractivity contribution >= 4 is 17.8 Å². The van der Waals surface area contributed by atoms with Gasteiger partial charge in [0.25, 0.3) is 11.8 Å². The summed E-state index contributed by atoms with van der Waals surface area (Å²) in [4.78, 5) is 34.9. The van der Waals surface area contributed by atoms with E-state index in [1.807, 2.05) is 0 Å². The third kappa shape index (κ3) is 5.94. The third-order valence-corrected chi connectivity index (χ3v) is 2.59. The molecule has 0 fully saturated rings. The zero-order chi connectivity index (χ0) is 14.8. The summed E-state index contributed by atoms with van der Waals surface area (Å²) in [7, 11) is 1.58. The van der Waals surface area contributed by atoms with Gasteiger partial charge in [0, 0.05) is 32.2 Å². The van der Waals surface area contributed by atoms with Crippen LogP contribution in [0.25, 0.3) is 0 Å². The standard InChI is InChI=1S/C13H19NO6/c1-18-7-8-19-9-10-20-13(17)3-2-6-14-11(15)4-5-12(14)16/h4-5H,2-3,6-10H2,1H3. The summed E-state index contributed by atoms with van der Waals surface area (Å²) in [5, 5.41) is 0. The number of carbonyl (C=O) groups excluding carboxylic acids is 3. The number of carbonyl (C=O) groups is 3. The first-order valence-corrected chi connectivity index (χ1v) is 6.41. The van der Waals surface area contributed by atoms with Crippen LogP contribution in [0.2, 0.25) is 0 Å². The van der Waals surface area contributed by atoms with Crippen LogP contribution in [-0.2, 0) is 28.6 Å². The Morgan fingerprint density at radius 1 is 1.10 bits per heavy atom. The lowest BCUT2D eigenvalue weighted by molar-refractivity contribution is -0.146. The molecule has 0 radical (unpaired) electrons. The molecule has 1 rings (SSSR count). The van der Waals surface area contributed by atoms with E-state index in [-0.39, 0.29) is 37.4 Å². The van der Waals surface area contributed by atoms with Gasteiger partial charge in [-0.25, -0.2) is 0 Å². The summed E-state index contributed by atoms with van der Waals surface area (Å²) in [6.45, 7) is 1.69. The van der Waals surface area contributed by atoms with E-state index in [4.69, 9.17) is 14.2 Å². The summed E-state index contributed by atoms with van der Waals surface area (Å²) < 4.78 is 14.9. The van der Waals surface area contributed by atoms with E-state index >= 15 is 0 Å². The molecular weight excluding hydrogens is 266 g/mol. The van der Waals surface area contributed by atoms with E-state index in [0.717, 1.165) is 4.90 Å². The number of imide groups is 1. The second-order valence-electron chi connectivity index (χ2n) is 4.09. The van der Waals surface area contributed by atoms with E-state index in [0.29, 0.717) is 26.2 Å². The summed E-state index contributed by atoms with van der Waals surface area (Å²) >= 11 is 0. The fourth-order valence-electron chi connectivity index (χ4n) is 1.56. The Hall–Kier alpha value is -1.73. The van der Waals surface area contributed by atoms with Gasteiger partial charge in [-0.05, 0) is 6.42 Å². The van der Waals surface area contributed by atoms with Crippen LogP contribution >= 0.6 is 0 Å². The molecule has 0 bridgehead atoms. The van der Waals surface area contributed by atoms with Crippen LogP contribution in [0.3, 0.4) is 0 Å². The van der Waals surface area contributed by atoms with Gasteiger partial charge < -0.3 is 14.2 Å². The van der Waals surface area contributed by atoms with E-state index < -0.39 is 0 Å².